The summed E-state index contributed by atoms with van der Waals surface area (Å²) < 4.78 is 0. The van der Waals surface area contributed by atoms with Crippen LogP contribution in [-0.2, 0) is 0 Å². The molecule has 1 heteroatoms. The highest BCUT2D eigenvalue weighted by atomic mass is 15.1. The van der Waals surface area contributed by atoms with Gasteiger partial charge in [0.25, 0.3) is 0 Å². The summed E-state index contributed by atoms with van der Waals surface area (Å²) in [6, 6.07) is 0. The molecule has 0 atom stereocenters. The maximum atomic E-state index is 2.51. The van der Waals surface area contributed by atoms with Gasteiger partial charge in [-0.15, -0.1) is 0 Å². The van der Waals surface area contributed by atoms with Crippen molar-refractivity contribution in [2.45, 2.75) is 26.7 Å². The van der Waals surface area contributed by atoms with E-state index in [0.717, 1.165) is 6.54 Å². The molecular weight excluding hydrogens is 134 g/mol. The largest absolute Gasteiger partial charge is 0.300 e. The number of hydrogen-bond donors (Lipinski definition) is 0. The van der Waals surface area contributed by atoms with Gasteiger partial charge in [-0.25, -0.2) is 0 Å². The van der Waals surface area contributed by atoms with E-state index in [1.807, 2.05) is 0 Å². The second-order valence-corrected chi connectivity index (χ2v) is 3.68. The highest BCUT2D eigenvalue weighted by Gasteiger charge is 2.08. The molecule has 0 N–H and O–H groups in total. The van der Waals surface area contributed by atoms with E-state index in [-0.39, 0.29) is 0 Å². The summed E-state index contributed by atoms with van der Waals surface area (Å²) in [4.78, 5) is 2.51. The van der Waals surface area contributed by atoms with Crippen molar-refractivity contribution >= 4 is 0 Å². The van der Waals surface area contributed by atoms with Gasteiger partial charge in [0.2, 0.25) is 0 Å². The van der Waals surface area contributed by atoms with Crippen LogP contribution in [0.15, 0.2) is 12.2 Å². The molecule has 0 radical (unpaired) electrons. The number of hydrogen-bond acceptors (Lipinski definition) is 1. The monoisotopic (exact) mass is 153 g/mol. The zero-order chi connectivity index (χ0) is 8.10. The zero-order valence-electron chi connectivity index (χ0n) is 7.71. The third-order valence-corrected chi connectivity index (χ3v) is 2.08. The lowest BCUT2D eigenvalue weighted by atomic mass is 10.2. The Labute approximate surface area is 70.1 Å². The molecule has 1 nitrogen and oxygen atoms in total. The normalized spacial score (nSPS) is 20.6. The van der Waals surface area contributed by atoms with Gasteiger partial charge >= 0.3 is 0 Å². The quantitative estimate of drug-likeness (QED) is 0.562. The predicted octanol–water partition coefficient (Wildman–Crippen LogP) is 2.29. The topological polar surface area (TPSA) is 3.24 Å². The molecule has 11 heavy (non-hydrogen) atoms. The third-order valence-electron chi connectivity index (χ3n) is 2.08. The summed E-state index contributed by atoms with van der Waals surface area (Å²) in [5.74, 6) is 0.706. The van der Waals surface area contributed by atoms with Crippen molar-refractivity contribution < 1.29 is 0 Å². The van der Waals surface area contributed by atoms with Crippen LogP contribution >= 0.6 is 0 Å². The first-order valence-electron chi connectivity index (χ1n) is 4.68. The standard InChI is InChI=1S/C10H19N/c1-10(2)6-5-9-11-7-3-4-8-11/h5-6,10H,3-4,7-9H2,1-2H3/b6-5-. The van der Waals surface area contributed by atoms with Crippen molar-refractivity contribution in [3.8, 4) is 0 Å². The Morgan fingerprint density at radius 1 is 1.27 bits per heavy atom. The molecule has 0 amide bonds. The Bertz CT molecular complexity index is 121. The molecule has 0 aromatic carbocycles. The fourth-order valence-electron chi connectivity index (χ4n) is 1.45. The van der Waals surface area contributed by atoms with Crippen molar-refractivity contribution in [1.29, 1.82) is 0 Å². The van der Waals surface area contributed by atoms with Crippen LogP contribution in [0.2, 0.25) is 0 Å². The van der Waals surface area contributed by atoms with Crippen molar-refractivity contribution in [1.82, 2.24) is 4.90 Å². The molecule has 1 aliphatic heterocycles. The molecule has 0 spiro atoms. The van der Waals surface area contributed by atoms with Gasteiger partial charge in [-0.1, -0.05) is 26.0 Å². The van der Waals surface area contributed by atoms with E-state index in [9.17, 15) is 0 Å². The third kappa shape index (κ3) is 3.57. The van der Waals surface area contributed by atoms with Crippen molar-refractivity contribution in [2.24, 2.45) is 5.92 Å². The molecule has 1 saturated heterocycles. The zero-order valence-corrected chi connectivity index (χ0v) is 7.71. The summed E-state index contributed by atoms with van der Waals surface area (Å²) in [5, 5.41) is 0. The summed E-state index contributed by atoms with van der Waals surface area (Å²) in [6.07, 6.45) is 7.39. The highest BCUT2D eigenvalue weighted by molar-refractivity contribution is 4.88. The molecule has 64 valence electrons. The van der Waals surface area contributed by atoms with Gasteiger partial charge in [-0.2, -0.15) is 0 Å². The van der Waals surface area contributed by atoms with Gasteiger partial charge < -0.3 is 0 Å². The minimum Gasteiger partial charge on any atom is -0.300 e. The first-order valence-corrected chi connectivity index (χ1v) is 4.68. The number of allylic oxidation sites excluding steroid dienone is 1. The van der Waals surface area contributed by atoms with Crippen LogP contribution < -0.4 is 0 Å². The van der Waals surface area contributed by atoms with Gasteiger partial charge in [0.05, 0.1) is 0 Å². The van der Waals surface area contributed by atoms with Crippen molar-refractivity contribution in [3.05, 3.63) is 12.2 Å². The maximum absolute atomic E-state index is 2.51. The lowest BCUT2D eigenvalue weighted by molar-refractivity contribution is 0.376. The van der Waals surface area contributed by atoms with E-state index < -0.39 is 0 Å². The minimum atomic E-state index is 0.706. The lowest BCUT2D eigenvalue weighted by Crippen LogP contribution is -2.18. The van der Waals surface area contributed by atoms with Crippen LogP contribution in [-0.4, -0.2) is 24.5 Å². The van der Waals surface area contributed by atoms with Crippen molar-refractivity contribution in [2.75, 3.05) is 19.6 Å². The smallest absolute Gasteiger partial charge is 0.0163 e. The second-order valence-electron chi connectivity index (χ2n) is 3.68. The van der Waals surface area contributed by atoms with Crippen LogP contribution in [0.1, 0.15) is 26.7 Å². The SMILES string of the molecule is CC(C)/C=C\CN1CCCC1. The van der Waals surface area contributed by atoms with Crippen molar-refractivity contribution in [3.63, 3.8) is 0 Å². The molecule has 1 heterocycles. The van der Waals surface area contributed by atoms with E-state index in [0.29, 0.717) is 5.92 Å². The average molecular weight is 153 g/mol. The molecule has 1 aliphatic rings. The summed E-state index contributed by atoms with van der Waals surface area (Å²) in [5.41, 5.74) is 0. The minimum absolute atomic E-state index is 0.706. The first-order chi connectivity index (χ1) is 5.29. The molecule has 0 aromatic rings. The highest BCUT2D eigenvalue weighted by Crippen LogP contribution is 2.06. The van der Waals surface area contributed by atoms with Gasteiger partial charge in [0.1, 0.15) is 0 Å². The van der Waals surface area contributed by atoms with E-state index in [4.69, 9.17) is 0 Å². The van der Waals surface area contributed by atoms with Crippen LogP contribution in [0.5, 0.6) is 0 Å². The summed E-state index contributed by atoms with van der Waals surface area (Å²) in [7, 11) is 0. The summed E-state index contributed by atoms with van der Waals surface area (Å²) >= 11 is 0. The van der Waals surface area contributed by atoms with Crippen LogP contribution in [0.25, 0.3) is 0 Å². The molecule has 0 saturated carbocycles. The fraction of sp³-hybridized carbons (Fsp3) is 0.800. The lowest BCUT2D eigenvalue weighted by Gasteiger charge is -2.10. The molecular formula is C10H19N. The predicted molar refractivity (Wildman–Crippen MR) is 49.7 cm³/mol. The molecule has 0 bridgehead atoms. The Morgan fingerprint density at radius 2 is 1.91 bits per heavy atom. The number of nitrogens with zero attached hydrogens (tertiary/aromatic N) is 1. The van der Waals surface area contributed by atoms with Crippen LogP contribution in [0.3, 0.4) is 0 Å². The van der Waals surface area contributed by atoms with Gasteiger partial charge in [-0.05, 0) is 31.8 Å². The Hall–Kier alpha value is -0.300. The van der Waals surface area contributed by atoms with Crippen LogP contribution in [0.4, 0.5) is 0 Å². The van der Waals surface area contributed by atoms with Gasteiger partial charge in [-0.3, -0.25) is 4.90 Å². The Morgan fingerprint density at radius 3 is 2.45 bits per heavy atom. The van der Waals surface area contributed by atoms with E-state index in [1.54, 1.807) is 0 Å². The van der Waals surface area contributed by atoms with E-state index >= 15 is 0 Å². The average Bonchev–Trinajstić information content (AvgIpc) is 2.39. The number of likely N-dealkylation sites (tertiary alicyclic amines) is 1. The molecule has 0 aromatic heterocycles. The van der Waals surface area contributed by atoms with E-state index in [2.05, 4.69) is 30.9 Å². The van der Waals surface area contributed by atoms with Gasteiger partial charge in [0.15, 0.2) is 0 Å². The summed E-state index contributed by atoms with van der Waals surface area (Å²) in [6.45, 7) is 8.23. The Kier molecular flexibility index (Phi) is 3.64. The molecule has 1 fully saturated rings. The van der Waals surface area contributed by atoms with E-state index in [1.165, 1.54) is 25.9 Å². The fourth-order valence-corrected chi connectivity index (χ4v) is 1.45. The first kappa shape index (κ1) is 8.79. The van der Waals surface area contributed by atoms with Crippen LogP contribution in [0, 0.1) is 5.92 Å². The Balaban J connectivity index is 2.10. The molecule has 0 unspecified atom stereocenters. The molecule has 0 aliphatic carbocycles. The second kappa shape index (κ2) is 4.55. The molecule has 1 rings (SSSR count). The van der Waals surface area contributed by atoms with Gasteiger partial charge in [0, 0.05) is 6.54 Å². The number of rotatable bonds is 3. The maximum Gasteiger partial charge on any atom is 0.0163 e.